The van der Waals surface area contributed by atoms with Crippen LogP contribution in [0.3, 0.4) is 0 Å². The van der Waals surface area contributed by atoms with Crippen molar-refractivity contribution in [2.75, 3.05) is 39.3 Å². The van der Waals surface area contributed by atoms with Crippen LogP contribution in [-0.2, 0) is 4.79 Å². The Morgan fingerprint density at radius 3 is 2.50 bits per heavy atom. The summed E-state index contributed by atoms with van der Waals surface area (Å²) in [4.78, 5) is 16.7. The van der Waals surface area contributed by atoms with E-state index < -0.39 is 0 Å². The Kier molecular flexibility index (Phi) is 6.15. The molecule has 0 aromatic carbocycles. The first-order chi connectivity index (χ1) is 8.84. The smallest absolute Gasteiger partial charge is 0.146 e. The summed E-state index contributed by atoms with van der Waals surface area (Å²) in [5.74, 6) is 0.433. The largest absolute Gasteiger partial charge is 0.303 e. The topological polar surface area (TPSA) is 23.6 Å². The minimum absolute atomic E-state index is 0.433. The van der Waals surface area contributed by atoms with Gasteiger partial charge in [-0.15, -0.1) is 0 Å². The highest BCUT2D eigenvalue weighted by molar-refractivity contribution is 5.80. The van der Waals surface area contributed by atoms with Gasteiger partial charge in [0.15, 0.2) is 0 Å². The zero-order valence-corrected chi connectivity index (χ0v) is 11.6. The van der Waals surface area contributed by atoms with Crippen LogP contribution in [-0.4, -0.2) is 54.9 Å². The maximum Gasteiger partial charge on any atom is 0.146 e. The minimum Gasteiger partial charge on any atom is -0.303 e. The van der Waals surface area contributed by atoms with E-state index in [4.69, 9.17) is 0 Å². The first-order valence-electron chi connectivity index (χ1n) is 7.63. The monoisotopic (exact) mass is 251 g/mol. The highest BCUT2D eigenvalue weighted by Crippen LogP contribution is 2.10. The second kappa shape index (κ2) is 7.90. The molecule has 0 unspecified atom stereocenters. The molecule has 1 radical (unpaired) electrons. The number of Topliss-reactive ketones (excluding diaryl/α,β-unsaturated/α-hetero) is 1. The van der Waals surface area contributed by atoms with E-state index in [1.54, 1.807) is 0 Å². The van der Waals surface area contributed by atoms with Crippen LogP contribution >= 0.6 is 0 Å². The zero-order valence-electron chi connectivity index (χ0n) is 11.6. The Balaban J connectivity index is 1.53. The van der Waals surface area contributed by atoms with Crippen molar-refractivity contribution in [1.82, 2.24) is 9.80 Å². The third-order valence-corrected chi connectivity index (χ3v) is 4.05. The Labute approximate surface area is 112 Å². The number of rotatable bonds is 6. The molecule has 2 saturated heterocycles. The highest BCUT2D eigenvalue weighted by atomic mass is 16.1. The van der Waals surface area contributed by atoms with Gasteiger partial charge in [-0.1, -0.05) is 6.42 Å². The van der Waals surface area contributed by atoms with Crippen LogP contribution in [0.5, 0.6) is 0 Å². The zero-order chi connectivity index (χ0) is 12.6. The van der Waals surface area contributed by atoms with Crippen molar-refractivity contribution >= 4 is 5.78 Å². The lowest BCUT2D eigenvalue weighted by atomic mass is 10.1. The Morgan fingerprint density at radius 2 is 1.78 bits per heavy atom. The van der Waals surface area contributed by atoms with Crippen molar-refractivity contribution in [3.63, 3.8) is 0 Å². The average molecular weight is 251 g/mol. The molecule has 2 aliphatic rings. The van der Waals surface area contributed by atoms with Gasteiger partial charge in [0.25, 0.3) is 0 Å². The fourth-order valence-corrected chi connectivity index (χ4v) is 2.98. The van der Waals surface area contributed by atoms with E-state index in [0.717, 1.165) is 32.5 Å². The van der Waals surface area contributed by atoms with E-state index in [-0.39, 0.29) is 0 Å². The summed E-state index contributed by atoms with van der Waals surface area (Å²) in [6.07, 6.45) is 10.6. The van der Waals surface area contributed by atoms with Gasteiger partial charge in [-0.25, -0.2) is 0 Å². The van der Waals surface area contributed by atoms with Gasteiger partial charge in [-0.2, -0.15) is 0 Å². The minimum atomic E-state index is 0.433. The number of piperidine rings is 2. The van der Waals surface area contributed by atoms with Crippen molar-refractivity contribution in [3.8, 4) is 0 Å². The molecule has 2 fully saturated rings. The summed E-state index contributed by atoms with van der Waals surface area (Å²) in [7, 11) is 0. The molecule has 0 amide bonds. The standard InChI is InChI=1S/C15H27N2O/c18-15(14-17-11-5-2-6-12-17)8-7-13-16-9-3-1-4-10-16/h5H,1-4,6-14H2. The van der Waals surface area contributed by atoms with Crippen molar-refractivity contribution in [3.05, 3.63) is 6.42 Å². The molecule has 0 bridgehead atoms. The molecule has 0 aliphatic carbocycles. The fraction of sp³-hybridized carbons (Fsp3) is 0.867. The third-order valence-electron chi connectivity index (χ3n) is 4.05. The number of hydrogen-bond donors (Lipinski definition) is 0. The van der Waals surface area contributed by atoms with E-state index >= 15 is 0 Å². The molecule has 0 N–H and O–H groups in total. The molecular formula is C15H27N2O. The Bertz CT molecular complexity index is 243. The van der Waals surface area contributed by atoms with Crippen LogP contribution in [0.15, 0.2) is 0 Å². The molecule has 2 rings (SSSR count). The summed E-state index contributed by atoms with van der Waals surface area (Å²) in [5, 5.41) is 0. The molecule has 18 heavy (non-hydrogen) atoms. The SMILES string of the molecule is O=C(CCCN1CCCCC1)CN1C[CH]CCC1. The number of hydrogen-bond acceptors (Lipinski definition) is 3. The molecule has 0 aromatic heterocycles. The summed E-state index contributed by atoms with van der Waals surface area (Å²) < 4.78 is 0. The van der Waals surface area contributed by atoms with Crippen LogP contribution in [0.2, 0.25) is 0 Å². The van der Waals surface area contributed by atoms with Gasteiger partial charge in [-0.05, 0) is 64.7 Å². The molecule has 0 spiro atoms. The maximum absolute atomic E-state index is 11.9. The van der Waals surface area contributed by atoms with Crippen LogP contribution < -0.4 is 0 Å². The van der Waals surface area contributed by atoms with Gasteiger partial charge in [0, 0.05) is 13.0 Å². The molecule has 103 valence electrons. The van der Waals surface area contributed by atoms with Crippen LogP contribution in [0.25, 0.3) is 0 Å². The van der Waals surface area contributed by atoms with Gasteiger partial charge >= 0.3 is 0 Å². The molecular weight excluding hydrogens is 224 g/mol. The summed E-state index contributed by atoms with van der Waals surface area (Å²) in [6, 6.07) is 0. The van der Waals surface area contributed by atoms with Crippen molar-refractivity contribution in [2.24, 2.45) is 0 Å². The first kappa shape index (κ1) is 14.0. The van der Waals surface area contributed by atoms with Gasteiger partial charge in [0.05, 0.1) is 6.54 Å². The van der Waals surface area contributed by atoms with E-state index in [2.05, 4.69) is 16.2 Å². The number of nitrogens with zero attached hydrogens (tertiary/aromatic N) is 2. The molecule has 3 heteroatoms. The van der Waals surface area contributed by atoms with Crippen molar-refractivity contribution in [2.45, 2.75) is 44.9 Å². The molecule has 2 aliphatic heterocycles. The molecule has 0 atom stereocenters. The number of ketones is 1. The first-order valence-corrected chi connectivity index (χ1v) is 7.63. The maximum atomic E-state index is 11.9. The van der Waals surface area contributed by atoms with Crippen LogP contribution in [0.4, 0.5) is 0 Å². The Hall–Kier alpha value is -0.410. The predicted molar refractivity (Wildman–Crippen MR) is 74.5 cm³/mol. The van der Waals surface area contributed by atoms with E-state index in [1.165, 1.54) is 45.2 Å². The van der Waals surface area contributed by atoms with Crippen molar-refractivity contribution in [1.29, 1.82) is 0 Å². The van der Waals surface area contributed by atoms with E-state index in [0.29, 0.717) is 12.3 Å². The number of carbonyl (C=O) groups excluding carboxylic acids is 1. The van der Waals surface area contributed by atoms with Gasteiger partial charge < -0.3 is 4.90 Å². The number of carbonyl (C=O) groups is 1. The van der Waals surface area contributed by atoms with Crippen LogP contribution in [0.1, 0.15) is 44.9 Å². The lowest BCUT2D eigenvalue weighted by molar-refractivity contribution is -0.120. The lowest BCUT2D eigenvalue weighted by Gasteiger charge is -2.27. The van der Waals surface area contributed by atoms with E-state index in [1.807, 2.05) is 0 Å². The molecule has 2 heterocycles. The Morgan fingerprint density at radius 1 is 1.00 bits per heavy atom. The summed E-state index contributed by atoms with van der Waals surface area (Å²) in [5.41, 5.74) is 0. The average Bonchev–Trinajstić information content (AvgIpc) is 2.41. The van der Waals surface area contributed by atoms with Crippen molar-refractivity contribution < 1.29 is 4.79 Å². The second-order valence-electron chi connectivity index (χ2n) is 5.71. The molecule has 0 saturated carbocycles. The quantitative estimate of drug-likeness (QED) is 0.722. The van der Waals surface area contributed by atoms with E-state index in [9.17, 15) is 4.79 Å². The predicted octanol–water partition coefficient (Wildman–Crippen LogP) is 2.12. The third kappa shape index (κ3) is 5.07. The summed E-state index contributed by atoms with van der Waals surface area (Å²) in [6.45, 7) is 6.41. The molecule has 3 nitrogen and oxygen atoms in total. The molecule has 0 aromatic rings. The number of likely N-dealkylation sites (tertiary alicyclic amines) is 2. The van der Waals surface area contributed by atoms with Gasteiger partial charge in [0.2, 0.25) is 0 Å². The summed E-state index contributed by atoms with van der Waals surface area (Å²) >= 11 is 0. The normalized spacial score (nSPS) is 23.1. The highest BCUT2D eigenvalue weighted by Gasteiger charge is 2.14. The van der Waals surface area contributed by atoms with Gasteiger partial charge in [0.1, 0.15) is 5.78 Å². The fourth-order valence-electron chi connectivity index (χ4n) is 2.98. The van der Waals surface area contributed by atoms with Gasteiger partial charge in [-0.3, -0.25) is 9.69 Å². The second-order valence-corrected chi connectivity index (χ2v) is 5.71. The lowest BCUT2D eigenvalue weighted by Crippen LogP contribution is -2.35. The van der Waals surface area contributed by atoms with Crippen LogP contribution in [0, 0.1) is 6.42 Å².